The normalized spacial score (nSPS) is 17.4. The fourth-order valence-electron chi connectivity index (χ4n) is 2.68. The van der Waals surface area contributed by atoms with Gasteiger partial charge in [0, 0.05) is 23.0 Å². The summed E-state index contributed by atoms with van der Waals surface area (Å²) in [7, 11) is 0. The molecule has 2 heteroatoms. The molecule has 1 saturated carbocycles. The number of nitrogens with zero attached hydrogens (tertiary/aromatic N) is 1. The predicted octanol–water partition coefficient (Wildman–Crippen LogP) is 3.67. The summed E-state index contributed by atoms with van der Waals surface area (Å²) in [6, 6.07) is 2.60. The second-order valence-corrected chi connectivity index (χ2v) is 5.06. The van der Waals surface area contributed by atoms with Gasteiger partial charge < -0.3 is 4.57 Å². The predicted molar refractivity (Wildman–Crippen MR) is 66.0 cm³/mol. The summed E-state index contributed by atoms with van der Waals surface area (Å²) in [5.74, 6) is 0.936. The smallest absolute Gasteiger partial charge is 0.151 e. The monoisotopic (exact) mass is 219 g/mol. The third kappa shape index (κ3) is 2.06. The second-order valence-electron chi connectivity index (χ2n) is 5.06. The van der Waals surface area contributed by atoms with Gasteiger partial charge in [0.05, 0.1) is 0 Å². The van der Waals surface area contributed by atoms with Gasteiger partial charge in [0.1, 0.15) is 0 Å². The van der Waals surface area contributed by atoms with Gasteiger partial charge in [0.2, 0.25) is 0 Å². The van der Waals surface area contributed by atoms with E-state index in [0.717, 1.165) is 29.9 Å². The zero-order valence-electron chi connectivity index (χ0n) is 10.5. The van der Waals surface area contributed by atoms with Crippen molar-refractivity contribution in [3.05, 3.63) is 23.0 Å². The number of hydrogen-bond acceptors (Lipinski definition) is 1. The van der Waals surface area contributed by atoms with E-state index in [1.54, 1.807) is 0 Å². The number of hydrogen-bond donors (Lipinski definition) is 0. The molecule has 2 rings (SSSR count). The molecule has 2 nitrogen and oxygen atoms in total. The van der Waals surface area contributed by atoms with E-state index in [4.69, 9.17) is 0 Å². The number of aromatic nitrogens is 1. The van der Waals surface area contributed by atoms with Crippen LogP contribution in [0.15, 0.2) is 6.07 Å². The van der Waals surface area contributed by atoms with Crippen LogP contribution in [0.5, 0.6) is 0 Å². The van der Waals surface area contributed by atoms with E-state index in [1.165, 1.54) is 25.0 Å². The minimum atomic E-state index is 0.584. The minimum absolute atomic E-state index is 0.584. The first-order valence-electron chi connectivity index (χ1n) is 6.31. The highest BCUT2D eigenvalue weighted by molar-refractivity contribution is 5.77. The van der Waals surface area contributed by atoms with Crippen LogP contribution in [0, 0.1) is 19.8 Å². The lowest BCUT2D eigenvalue weighted by atomic mass is 10.1. The molecule has 0 N–H and O–H groups in total. The van der Waals surface area contributed by atoms with E-state index in [9.17, 15) is 4.79 Å². The Kier molecular flexibility index (Phi) is 3.17. The van der Waals surface area contributed by atoms with Crippen molar-refractivity contribution in [2.75, 3.05) is 0 Å². The van der Waals surface area contributed by atoms with Crippen molar-refractivity contribution in [1.82, 2.24) is 4.57 Å². The van der Waals surface area contributed by atoms with Crippen LogP contribution in [-0.4, -0.2) is 10.9 Å². The van der Waals surface area contributed by atoms with Crippen LogP contribution >= 0.6 is 0 Å². The van der Waals surface area contributed by atoms with E-state index in [2.05, 4.69) is 25.3 Å². The SMILES string of the molecule is CCC(CC1CC1)n1c(C)cc(C=O)c1C. The van der Waals surface area contributed by atoms with E-state index in [1.807, 2.05) is 6.07 Å². The Labute approximate surface area is 97.7 Å². The summed E-state index contributed by atoms with van der Waals surface area (Å²) in [4.78, 5) is 10.9. The molecular weight excluding hydrogens is 198 g/mol. The topological polar surface area (TPSA) is 22.0 Å². The lowest BCUT2D eigenvalue weighted by Gasteiger charge is -2.21. The fraction of sp³-hybridized carbons (Fsp3) is 0.643. The molecule has 16 heavy (non-hydrogen) atoms. The lowest BCUT2D eigenvalue weighted by molar-refractivity contribution is 0.112. The molecule has 1 aliphatic carbocycles. The summed E-state index contributed by atoms with van der Waals surface area (Å²) >= 11 is 0. The van der Waals surface area contributed by atoms with Crippen LogP contribution in [0.4, 0.5) is 0 Å². The first kappa shape index (κ1) is 11.4. The van der Waals surface area contributed by atoms with E-state index < -0.39 is 0 Å². The van der Waals surface area contributed by atoms with E-state index in [0.29, 0.717) is 6.04 Å². The molecule has 0 radical (unpaired) electrons. The highest BCUT2D eigenvalue weighted by Crippen LogP contribution is 2.39. The maximum Gasteiger partial charge on any atom is 0.151 e. The van der Waals surface area contributed by atoms with Crippen LogP contribution in [0.25, 0.3) is 0 Å². The molecule has 0 amide bonds. The standard InChI is InChI=1S/C14H21NO/c1-4-14(8-12-5-6-12)15-10(2)7-13(9-16)11(15)3/h7,9,12,14H,4-6,8H2,1-3H3. The molecule has 0 aliphatic heterocycles. The Hall–Kier alpha value is -1.05. The molecule has 1 atom stereocenters. The van der Waals surface area contributed by atoms with E-state index in [-0.39, 0.29) is 0 Å². The number of aryl methyl sites for hydroxylation is 1. The number of rotatable bonds is 5. The maximum absolute atomic E-state index is 10.9. The molecule has 1 aromatic heterocycles. The van der Waals surface area contributed by atoms with Crippen LogP contribution in [-0.2, 0) is 0 Å². The van der Waals surface area contributed by atoms with Crippen molar-refractivity contribution in [3.63, 3.8) is 0 Å². The number of aldehydes is 1. The highest BCUT2D eigenvalue weighted by atomic mass is 16.1. The molecular formula is C14H21NO. The lowest BCUT2D eigenvalue weighted by Crippen LogP contribution is -2.12. The molecule has 1 fully saturated rings. The van der Waals surface area contributed by atoms with Gasteiger partial charge in [-0.15, -0.1) is 0 Å². The molecule has 0 bridgehead atoms. The Bertz CT molecular complexity index is 388. The van der Waals surface area contributed by atoms with Crippen molar-refractivity contribution in [3.8, 4) is 0 Å². The first-order valence-corrected chi connectivity index (χ1v) is 6.31. The van der Waals surface area contributed by atoms with Crippen molar-refractivity contribution in [1.29, 1.82) is 0 Å². The Morgan fingerprint density at radius 3 is 2.62 bits per heavy atom. The van der Waals surface area contributed by atoms with Gasteiger partial charge in [-0.05, 0) is 38.7 Å². The molecule has 1 heterocycles. The molecule has 1 unspecified atom stereocenters. The Balaban J connectivity index is 2.28. The molecule has 0 saturated heterocycles. The molecule has 1 aromatic rings. The fourth-order valence-corrected chi connectivity index (χ4v) is 2.68. The summed E-state index contributed by atoms with van der Waals surface area (Å²) in [6.45, 7) is 6.41. The van der Waals surface area contributed by atoms with Gasteiger partial charge in [-0.3, -0.25) is 4.79 Å². The van der Waals surface area contributed by atoms with Crippen molar-refractivity contribution in [2.45, 2.75) is 52.5 Å². The first-order chi connectivity index (χ1) is 7.67. The van der Waals surface area contributed by atoms with Gasteiger partial charge in [-0.2, -0.15) is 0 Å². The van der Waals surface area contributed by atoms with Gasteiger partial charge in [-0.25, -0.2) is 0 Å². The van der Waals surface area contributed by atoms with Crippen molar-refractivity contribution >= 4 is 6.29 Å². The average Bonchev–Trinajstić information content (AvgIpc) is 3.03. The Morgan fingerprint density at radius 2 is 2.19 bits per heavy atom. The number of carbonyl (C=O) groups excluding carboxylic acids is 1. The maximum atomic E-state index is 10.9. The molecule has 88 valence electrons. The Morgan fingerprint density at radius 1 is 1.50 bits per heavy atom. The van der Waals surface area contributed by atoms with Gasteiger partial charge in [-0.1, -0.05) is 19.8 Å². The summed E-state index contributed by atoms with van der Waals surface area (Å²) < 4.78 is 2.36. The average molecular weight is 219 g/mol. The van der Waals surface area contributed by atoms with Gasteiger partial charge in [0.15, 0.2) is 6.29 Å². The van der Waals surface area contributed by atoms with Crippen molar-refractivity contribution < 1.29 is 4.79 Å². The van der Waals surface area contributed by atoms with Crippen LogP contribution in [0.1, 0.15) is 60.4 Å². The molecule has 0 spiro atoms. The number of carbonyl (C=O) groups is 1. The van der Waals surface area contributed by atoms with Crippen LogP contribution in [0.3, 0.4) is 0 Å². The quantitative estimate of drug-likeness (QED) is 0.692. The molecule has 1 aliphatic rings. The highest BCUT2D eigenvalue weighted by Gasteiger charge is 2.26. The van der Waals surface area contributed by atoms with Crippen LogP contribution in [0.2, 0.25) is 0 Å². The third-order valence-corrected chi connectivity index (χ3v) is 3.79. The largest absolute Gasteiger partial charge is 0.345 e. The summed E-state index contributed by atoms with van der Waals surface area (Å²) in [6.07, 6.45) is 6.21. The summed E-state index contributed by atoms with van der Waals surface area (Å²) in [5, 5.41) is 0. The zero-order valence-corrected chi connectivity index (χ0v) is 10.5. The van der Waals surface area contributed by atoms with E-state index >= 15 is 0 Å². The molecule has 0 aromatic carbocycles. The second kappa shape index (κ2) is 4.44. The van der Waals surface area contributed by atoms with Crippen LogP contribution < -0.4 is 0 Å². The van der Waals surface area contributed by atoms with Gasteiger partial charge >= 0.3 is 0 Å². The zero-order chi connectivity index (χ0) is 11.7. The third-order valence-electron chi connectivity index (χ3n) is 3.79. The van der Waals surface area contributed by atoms with Gasteiger partial charge in [0.25, 0.3) is 0 Å². The van der Waals surface area contributed by atoms with Crippen molar-refractivity contribution in [2.24, 2.45) is 5.92 Å². The minimum Gasteiger partial charge on any atom is -0.345 e. The summed E-state index contributed by atoms with van der Waals surface area (Å²) in [5.41, 5.74) is 3.22.